The van der Waals surface area contributed by atoms with Gasteiger partial charge in [0, 0.05) is 9.75 Å². The molecule has 0 radical (unpaired) electrons. The van der Waals surface area contributed by atoms with E-state index in [0.29, 0.717) is 37.6 Å². The molecule has 8 nitrogen and oxygen atoms in total. The number of ether oxygens (including phenoxy) is 4. The molecular weight excluding hydrogens is 572 g/mol. The van der Waals surface area contributed by atoms with Crippen LogP contribution >= 0.6 is 22.7 Å². The predicted octanol–water partition coefficient (Wildman–Crippen LogP) is 6.62. The van der Waals surface area contributed by atoms with Crippen molar-refractivity contribution in [2.75, 3.05) is 33.0 Å². The Kier molecular flexibility index (Phi) is 10.6. The number of amides is 2. The van der Waals surface area contributed by atoms with E-state index >= 15 is 0 Å². The van der Waals surface area contributed by atoms with Gasteiger partial charge in [-0.25, -0.2) is 0 Å². The monoisotopic (exact) mass is 612 g/mol. The summed E-state index contributed by atoms with van der Waals surface area (Å²) in [6.45, 7) is 9.61. The summed E-state index contributed by atoms with van der Waals surface area (Å²) in [6.07, 6.45) is 4.55. The molecule has 5 heterocycles. The number of fused-ring (bicyclic) bond motifs is 1. The Bertz CT molecular complexity index is 1340. The Labute approximate surface area is 255 Å². The molecule has 3 aliphatic rings. The summed E-state index contributed by atoms with van der Waals surface area (Å²) in [5.41, 5.74) is 8.85. The zero-order valence-corrected chi connectivity index (χ0v) is 26.2. The van der Waals surface area contributed by atoms with Gasteiger partial charge in [-0.2, -0.15) is 0 Å². The molecule has 0 saturated carbocycles. The van der Waals surface area contributed by atoms with Crippen LogP contribution < -0.4 is 5.73 Å². The molecule has 0 spiro atoms. The first-order valence-corrected chi connectivity index (χ1v) is 16.4. The average Bonchev–Trinajstić information content (AvgIpc) is 3.82. The van der Waals surface area contributed by atoms with Crippen LogP contribution in [0.2, 0.25) is 0 Å². The van der Waals surface area contributed by atoms with Crippen LogP contribution in [0, 0.1) is 13.8 Å². The van der Waals surface area contributed by atoms with Crippen LogP contribution in [-0.2, 0) is 25.4 Å². The second-order valence-corrected chi connectivity index (χ2v) is 13.0. The number of carbonyl (C=O) groups excluding carboxylic acids is 2. The molecule has 2 amide bonds. The van der Waals surface area contributed by atoms with Crippen molar-refractivity contribution in [1.82, 2.24) is 4.90 Å². The van der Waals surface area contributed by atoms with Gasteiger partial charge < -0.3 is 24.7 Å². The van der Waals surface area contributed by atoms with Gasteiger partial charge in [0.05, 0.1) is 53.4 Å². The van der Waals surface area contributed by atoms with E-state index in [9.17, 15) is 9.59 Å². The zero-order valence-electron chi connectivity index (χ0n) is 24.6. The molecule has 3 aliphatic heterocycles. The van der Waals surface area contributed by atoms with Crippen molar-refractivity contribution in [3.63, 3.8) is 0 Å². The van der Waals surface area contributed by atoms with Crippen molar-refractivity contribution < 1.29 is 28.5 Å². The lowest BCUT2D eigenvalue weighted by molar-refractivity contribution is -0.0419. The quantitative estimate of drug-likeness (QED) is 0.203. The molecule has 1 atom stereocenters. The molecule has 42 heavy (non-hydrogen) atoms. The number of nitrogens with two attached hydrogens (primary N) is 1. The van der Waals surface area contributed by atoms with E-state index in [1.54, 1.807) is 35.6 Å². The maximum atomic E-state index is 12.9. The summed E-state index contributed by atoms with van der Waals surface area (Å²) in [5, 5.41) is 0. The third kappa shape index (κ3) is 6.70. The minimum absolute atomic E-state index is 0.117. The molecule has 2 fully saturated rings. The van der Waals surface area contributed by atoms with Gasteiger partial charge in [-0.05, 0) is 81.5 Å². The summed E-state index contributed by atoms with van der Waals surface area (Å²) in [6, 6.07) is 11.1. The Morgan fingerprint density at radius 2 is 1.40 bits per heavy atom. The van der Waals surface area contributed by atoms with Crippen LogP contribution in [0.1, 0.15) is 103 Å². The van der Waals surface area contributed by atoms with E-state index < -0.39 is 0 Å². The first-order valence-electron chi connectivity index (χ1n) is 14.8. The first kappa shape index (κ1) is 31.0. The third-order valence-electron chi connectivity index (χ3n) is 7.56. The number of nitrogens with zero attached hydrogens (tertiary/aromatic N) is 1. The summed E-state index contributed by atoms with van der Waals surface area (Å²) in [7, 11) is 0. The lowest BCUT2D eigenvalue weighted by atomic mass is 10.1. The number of aryl methyl sites for hydroxylation is 3. The largest absolute Gasteiger partial charge is 0.345 e. The van der Waals surface area contributed by atoms with Gasteiger partial charge in [-0.3, -0.25) is 14.5 Å². The van der Waals surface area contributed by atoms with E-state index in [-0.39, 0.29) is 30.4 Å². The fourth-order valence-corrected chi connectivity index (χ4v) is 7.98. The van der Waals surface area contributed by atoms with Gasteiger partial charge in [-0.1, -0.05) is 25.5 Å². The summed E-state index contributed by atoms with van der Waals surface area (Å²) >= 11 is 3.39. The molecule has 2 saturated heterocycles. The minimum atomic E-state index is -0.335. The van der Waals surface area contributed by atoms with Crippen LogP contribution in [0.3, 0.4) is 0 Å². The molecule has 10 heteroatoms. The molecule has 2 aromatic heterocycles. The maximum absolute atomic E-state index is 12.9. The van der Waals surface area contributed by atoms with Crippen molar-refractivity contribution in [1.29, 1.82) is 0 Å². The van der Waals surface area contributed by atoms with E-state index in [4.69, 9.17) is 24.7 Å². The molecule has 0 bridgehead atoms. The highest BCUT2D eigenvalue weighted by molar-refractivity contribution is 7.12. The summed E-state index contributed by atoms with van der Waals surface area (Å²) < 4.78 is 22.3. The normalized spacial score (nSPS) is 18.0. The van der Waals surface area contributed by atoms with Gasteiger partial charge in [-0.15, -0.1) is 22.7 Å². The molecule has 0 aliphatic carbocycles. The van der Waals surface area contributed by atoms with Crippen LogP contribution in [0.25, 0.3) is 0 Å². The summed E-state index contributed by atoms with van der Waals surface area (Å²) in [4.78, 5) is 31.9. The van der Waals surface area contributed by atoms with Crippen LogP contribution in [0.5, 0.6) is 0 Å². The fraction of sp³-hybridized carbons (Fsp3) is 0.500. The Morgan fingerprint density at radius 3 is 1.95 bits per heavy atom. The smallest absolute Gasteiger partial charge is 0.262 e. The number of imide groups is 1. The number of unbranched alkanes of at least 4 members (excludes halogenated alkanes) is 1. The third-order valence-corrected chi connectivity index (χ3v) is 10.2. The van der Waals surface area contributed by atoms with E-state index in [1.807, 2.05) is 18.3 Å². The van der Waals surface area contributed by atoms with Gasteiger partial charge in [0.15, 0.2) is 12.6 Å². The van der Waals surface area contributed by atoms with Gasteiger partial charge >= 0.3 is 0 Å². The van der Waals surface area contributed by atoms with Crippen LogP contribution in [0.4, 0.5) is 0 Å². The van der Waals surface area contributed by atoms with Crippen LogP contribution in [-0.4, -0.2) is 49.7 Å². The number of rotatable bonds is 10. The lowest BCUT2D eigenvalue weighted by Gasteiger charge is -2.25. The highest BCUT2D eigenvalue weighted by Gasteiger charge is 2.41. The van der Waals surface area contributed by atoms with Crippen molar-refractivity contribution >= 4 is 34.5 Å². The molecule has 1 unspecified atom stereocenters. The standard InChI is InChI=1S/C20H21NO4S.C12H19NO2S/c1-3-6-15(16-11-12(2)17(26-16)20-24-9-10-25-20)21-18(22)13-7-4-5-8-14(13)19(21)23;1-9-8-10(4-2-3-5-13)16-11(9)12-14-6-7-15-12/h4-5,7-8,11,15,20H,3,6,9-10H2,1-2H3;8,12H,2-7,13H2,1H3. The summed E-state index contributed by atoms with van der Waals surface area (Å²) in [5.74, 6) is -0.407. The highest BCUT2D eigenvalue weighted by Crippen LogP contribution is 2.41. The lowest BCUT2D eigenvalue weighted by Crippen LogP contribution is -2.33. The predicted molar refractivity (Wildman–Crippen MR) is 164 cm³/mol. The topological polar surface area (TPSA) is 100 Å². The Balaban J connectivity index is 0.000000189. The van der Waals surface area contributed by atoms with Crippen molar-refractivity contribution in [2.24, 2.45) is 5.73 Å². The molecule has 3 aromatic rings. The number of carbonyl (C=O) groups is 2. The first-order chi connectivity index (χ1) is 20.4. The highest BCUT2D eigenvalue weighted by atomic mass is 32.1. The number of benzene rings is 1. The molecule has 1 aromatic carbocycles. The maximum Gasteiger partial charge on any atom is 0.262 e. The Morgan fingerprint density at radius 1 is 0.857 bits per heavy atom. The Hall–Kier alpha value is -2.44. The van der Waals surface area contributed by atoms with Crippen molar-refractivity contribution in [3.8, 4) is 0 Å². The minimum Gasteiger partial charge on any atom is -0.345 e. The van der Waals surface area contributed by atoms with Gasteiger partial charge in [0.1, 0.15) is 0 Å². The second kappa shape index (κ2) is 14.4. The molecular formula is C32H40N2O6S2. The second-order valence-electron chi connectivity index (χ2n) is 10.7. The average molecular weight is 613 g/mol. The number of hydrogen-bond donors (Lipinski definition) is 1. The fourth-order valence-electron chi connectivity index (χ4n) is 5.47. The number of hydrogen-bond acceptors (Lipinski definition) is 9. The number of thiophene rings is 2. The van der Waals surface area contributed by atoms with Gasteiger partial charge in [0.25, 0.3) is 11.8 Å². The van der Waals surface area contributed by atoms with Gasteiger partial charge in [0.2, 0.25) is 0 Å². The van der Waals surface area contributed by atoms with E-state index in [0.717, 1.165) is 47.5 Å². The molecule has 2 N–H and O–H groups in total. The SMILES string of the molecule is CCCC(c1cc(C)c(C2OCCO2)s1)N1C(=O)c2ccccc2C1=O.Cc1cc(CCCCN)sc1C1OCCO1. The van der Waals surface area contributed by atoms with Crippen molar-refractivity contribution in [3.05, 3.63) is 78.2 Å². The van der Waals surface area contributed by atoms with Crippen molar-refractivity contribution in [2.45, 2.75) is 71.5 Å². The molecule has 226 valence electrons. The van der Waals surface area contributed by atoms with E-state index in [1.165, 1.54) is 26.6 Å². The van der Waals surface area contributed by atoms with E-state index in [2.05, 4.69) is 26.0 Å². The zero-order chi connectivity index (χ0) is 29.6. The molecule has 6 rings (SSSR count). The van der Waals surface area contributed by atoms with Crippen LogP contribution in [0.15, 0.2) is 36.4 Å².